The summed E-state index contributed by atoms with van der Waals surface area (Å²) in [5, 5.41) is 5.73. The molecule has 0 fully saturated rings. The number of benzene rings is 2. The Morgan fingerprint density at radius 3 is 2.61 bits per heavy atom. The summed E-state index contributed by atoms with van der Waals surface area (Å²) in [5.74, 6) is -0.332. The average molecular weight is 406 g/mol. The number of hydrazone groups is 1. The van der Waals surface area contributed by atoms with Crippen LogP contribution in [-0.2, 0) is 0 Å². The van der Waals surface area contributed by atoms with E-state index in [9.17, 15) is 4.79 Å². The van der Waals surface area contributed by atoms with Crippen LogP contribution in [-0.4, -0.2) is 16.6 Å². The van der Waals surface area contributed by atoms with Crippen LogP contribution < -0.4 is 5.43 Å². The lowest BCUT2D eigenvalue weighted by Crippen LogP contribution is -2.20. The molecule has 0 unspecified atom stereocenters. The van der Waals surface area contributed by atoms with Crippen molar-refractivity contribution in [3.63, 3.8) is 0 Å². The minimum Gasteiger partial charge on any atom is -0.266 e. The van der Waals surface area contributed by atoms with Crippen molar-refractivity contribution in [2.24, 2.45) is 5.10 Å². The van der Waals surface area contributed by atoms with E-state index >= 15 is 0 Å². The highest BCUT2D eigenvalue weighted by Gasteiger charge is 2.17. The number of thiophene rings is 1. The van der Waals surface area contributed by atoms with E-state index in [0.717, 1.165) is 26.8 Å². The fraction of sp³-hybridized carbons (Fsp3) is 0.0455. The molecule has 0 radical (unpaired) electrons. The highest BCUT2D eigenvalue weighted by Crippen LogP contribution is 2.35. The first kappa shape index (κ1) is 18.3. The normalized spacial score (nSPS) is 11.6. The molecule has 6 heteroatoms. The Morgan fingerprint density at radius 1 is 1.07 bits per heavy atom. The number of hydrogen-bond donors (Lipinski definition) is 1. The number of aryl methyl sites for hydroxylation is 1. The minimum absolute atomic E-state index is 0.332. The number of fused-ring (bicyclic) bond motifs is 1. The van der Waals surface area contributed by atoms with E-state index in [4.69, 9.17) is 11.6 Å². The summed E-state index contributed by atoms with van der Waals surface area (Å²) in [6.07, 6.45) is 3.41. The van der Waals surface area contributed by atoms with Gasteiger partial charge in [-0.2, -0.15) is 5.10 Å². The highest BCUT2D eigenvalue weighted by atomic mass is 35.5. The summed E-state index contributed by atoms with van der Waals surface area (Å²) in [6, 6.07) is 19.3. The van der Waals surface area contributed by atoms with Crippen molar-refractivity contribution in [3.8, 4) is 0 Å². The van der Waals surface area contributed by atoms with Crippen molar-refractivity contribution < 1.29 is 4.79 Å². The molecule has 4 aromatic rings. The van der Waals surface area contributed by atoms with Gasteiger partial charge >= 0.3 is 0 Å². The molecule has 1 N–H and O–H groups in total. The predicted octanol–water partition coefficient (Wildman–Crippen LogP) is 5.44. The quantitative estimate of drug-likeness (QED) is 0.363. The number of pyridine rings is 1. The van der Waals surface area contributed by atoms with Crippen LogP contribution in [0.5, 0.6) is 0 Å². The van der Waals surface area contributed by atoms with Crippen molar-refractivity contribution in [1.29, 1.82) is 0 Å². The van der Waals surface area contributed by atoms with Gasteiger partial charge in [0.1, 0.15) is 4.88 Å². The first-order chi connectivity index (χ1) is 13.6. The molecule has 0 aliphatic carbocycles. The zero-order valence-corrected chi connectivity index (χ0v) is 16.6. The van der Waals surface area contributed by atoms with Gasteiger partial charge in [-0.3, -0.25) is 9.78 Å². The molecule has 4 rings (SSSR count). The van der Waals surface area contributed by atoms with Gasteiger partial charge in [-0.05, 0) is 30.7 Å². The third kappa shape index (κ3) is 3.67. The van der Waals surface area contributed by atoms with Gasteiger partial charge in [0, 0.05) is 33.6 Å². The van der Waals surface area contributed by atoms with E-state index in [-0.39, 0.29) is 5.91 Å². The summed E-state index contributed by atoms with van der Waals surface area (Å²) in [4.78, 5) is 17.4. The van der Waals surface area contributed by atoms with Gasteiger partial charge in [0.2, 0.25) is 0 Å². The van der Waals surface area contributed by atoms with E-state index in [1.165, 1.54) is 11.3 Å². The van der Waals surface area contributed by atoms with Crippen LogP contribution in [0.1, 0.15) is 26.4 Å². The van der Waals surface area contributed by atoms with Crippen LogP contribution in [0.3, 0.4) is 0 Å². The number of nitrogens with one attached hydrogen (secondary N) is 1. The van der Waals surface area contributed by atoms with Crippen LogP contribution in [0.15, 0.2) is 78.2 Å². The van der Waals surface area contributed by atoms with Gasteiger partial charge in [0.05, 0.1) is 10.7 Å². The second kappa shape index (κ2) is 7.92. The largest absolute Gasteiger partial charge is 0.283 e. The first-order valence-corrected chi connectivity index (χ1v) is 9.85. The summed E-state index contributed by atoms with van der Waals surface area (Å²) in [5.41, 5.74) is 6.11. The molecule has 4 nitrogen and oxygen atoms in total. The Morgan fingerprint density at radius 2 is 1.86 bits per heavy atom. The molecule has 0 aliphatic heterocycles. The number of aromatic nitrogens is 1. The van der Waals surface area contributed by atoms with Crippen molar-refractivity contribution in [1.82, 2.24) is 10.4 Å². The molecule has 0 saturated heterocycles. The number of halogens is 1. The van der Waals surface area contributed by atoms with Crippen LogP contribution in [0, 0.1) is 6.92 Å². The molecule has 0 saturated carbocycles. The molecule has 28 heavy (non-hydrogen) atoms. The van der Waals surface area contributed by atoms with E-state index in [1.54, 1.807) is 12.4 Å². The summed E-state index contributed by atoms with van der Waals surface area (Å²) in [6.45, 7) is 2.01. The zero-order chi connectivity index (χ0) is 19.5. The molecular weight excluding hydrogens is 390 g/mol. The number of amides is 1. The van der Waals surface area contributed by atoms with Crippen molar-refractivity contribution in [2.45, 2.75) is 6.92 Å². The molecule has 138 valence electrons. The molecule has 0 bridgehead atoms. The lowest BCUT2D eigenvalue weighted by Gasteiger charge is -2.07. The fourth-order valence-electron chi connectivity index (χ4n) is 2.87. The molecule has 1 amide bonds. The predicted molar refractivity (Wildman–Crippen MR) is 115 cm³/mol. The molecule has 0 spiro atoms. The van der Waals surface area contributed by atoms with Crippen LogP contribution >= 0.6 is 22.9 Å². The average Bonchev–Trinajstić information content (AvgIpc) is 3.05. The van der Waals surface area contributed by atoms with Crippen LogP contribution in [0.4, 0.5) is 0 Å². The zero-order valence-electron chi connectivity index (χ0n) is 15.0. The van der Waals surface area contributed by atoms with Gasteiger partial charge in [-0.1, -0.05) is 54.1 Å². The summed E-state index contributed by atoms with van der Waals surface area (Å²) >= 11 is 7.81. The molecule has 0 atom stereocenters. The molecule has 2 heterocycles. The Hall–Kier alpha value is -3.02. The monoisotopic (exact) mass is 405 g/mol. The van der Waals surface area contributed by atoms with Gasteiger partial charge in [0.25, 0.3) is 5.91 Å². The highest BCUT2D eigenvalue weighted by molar-refractivity contribution is 7.21. The maximum Gasteiger partial charge on any atom is 0.283 e. The van der Waals surface area contributed by atoms with Gasteiger partial charge in [-0.15, -0.1) is 11.3 Å². The van der Waals surface area contributed by atoms with E-state index in [2.05, 4.69) is 15.5 Å². The lowest BCUT2D eigenvalue weighted by molar-refractivity contribution is 0.0959. The van der Waals surface area contributed by atoms with Crippen molar-refractivity contribution in [2.75, 3.05) is 0 Å². The number of carbonyl (C=O) groups excluding carboxylic acids is 1. The lowest BCUT2D eigenvalue weighted by atomic mass is 10.0. The van der Waals surface area contributed by atoms with E-state index in [1.807, 2.05) is 67.6 Å². The van der Waals surface area contributed by atoms with Crippen molar-refractivity contribution >= 4 is 44.6 Å². The van der Waals surface area contributed by atoms with Crippen LogP contribution in [0.2, 0.25) is 5.02 Å². The van der Waals surface area contributed by atoms with E-state index in [0.29, 0.717) is 15.6 Å². The number of hydrogen-bond acceptors (Lipinski definition) is 4. The Bertz CT molecular complexity index is 1130. The number of rotatable bonds is 4. The van der Waals surface area contributed by atoms with Gasteiger partial charge in [0.15, 0.2) is 0 Å². The second-order valence-electron chi connectivity index (χ2n) is 6.25. The first-order valence-electron chi connectivity index (χ1n) is 8.66. The second-order valence-corrected chi connectivity index (χ2v) is 7.68. The third-order valence-electron chi connectivity index (χ3n) is 4.24. The number of nitrogens with zero attached hydrogens (tertiary/aromatic N) is 2. The smallest absolute Gasteiger partial charge is 0.266 e. The van der Waals surface area contributed by atoms with Crippen LogP contribution in [0.25, 0.3) is 10.1 Å². The Kier molecular flexibility index (Phi) is 5.19. The summed E-state index contributed by atoms with van der Waals surface area (Å²) < 4.78 is 0.981. The molecule has 2 aromatic heterocycles. The SMILES string of the molecule is Cc1ccc2c(Cl)c(C(=O)N/N=C(\c3ccccc3)c3cccnc3)sc2c1. The molecule has 0 aliphatic rings. The Labute approximate surface area is 171 Å². The van der Waals surface area contributed by atoms with Crippen molar-refractivity contribution in [3.05, 3.63) is 99.6 Å². The van der Waals surface area contributed by atoms with Gasteiger partial charge in [-0.25, -0.2) is 5.43 Å². The summed E-state index contributed by atoms with van der Waals surface area (Å²) in [7, 11) is 0. The maximum absolute atomic E-state index is 12.8. The Balaban J connectivity index is 1.69. The molecular formula is C22H16ClN3OS. The minimum atomic E-state index is -0.332. The third-order valence-corrected chi connectivity index (χ3v) is 5.90. The maximum atomic E-state index is 12.8. The van der Waals surface area contributed by atoms with E-state index < -0.39 is 0 Å². The molecule has 2 aromatic carbocycles. The number of carbonyl (C=O) groups is 1. The standard InChI is InChI=1S/C22H16ClN3OS/c1-14-9-10-17-18(12-14)28-21(19(17)23)22(27)26-25-20(15-6-3-2-4-7-15)16-8-5-11-24-13-16/h2-13H,1H3,(H,26,27)/b25-20+. The fourth-order valence-corrected chi connectivity index (χ4v) is 4.38. The van der Waals surface area contributed by atoms with Gasteiger partial charge < -0.3 is 0 Å². The topological polar surface area (TPSA) is 54.4 Å².